The summed E-state index contributed by atoms with van der Waals surface area (Å²) >= 11 is 5.61. The van der Waals surface area contributed by atoms with Gasteiger partial charge in [0, 0.05) is 25.5 Å². The van der Waals surface area contributed by atoms with Crippen molar-refractivity contribution >= 4 is 23.2 Å². The first-order valence-electron chi connectivity index (χ1n) is 9.80. The van der Waals surface area contributed by atoms with E-state index >= 15 is 0 Å². The smallest absolute Gasteiger partial charge is 0.333 e. The van der Waals surface area contributed by atoms with E-state index in [2.05, 4.69) is 36.5 Å². The van der Waals surface area contributed by atoms with E-state index in [9.17, 15) is 9.90 Å². The summed E-state index contributed by atoms with van der Waals surface area (Å²) in [6.45, 7) is 5.07. The molecule has 0 bridgehead atoms. The van der Waals surface area contributed by atoms with E-state index in [1.54, 1.807) is 6.92 Å². The zero-order valence-corrected chi connectivity index (χ0v) is 17.4. The molecule has 0 aromatic heterocycles. The molecule has 2 aromatic carbocycles. The highest BCUT2D eigenvalue weighted by Crippen LogP contribution is 2.23. The molecular formula is C23H29NO3S. The molecule has 2 aromatic rings. The van der Waals surface area contributed by atoms with Gasteiger partial charge in [0.25, 0.3) is 0 Å². The Bertz CT molecular complexity index is 746. The van der Waals surface area contributed by atoms with Gasteiger partial charge < -0.3 is 15.2 Å². The highest BCUT2D eigenvalue weighted by Gasteiger charge is 2.18. The van der Waals surface area contributed by atoms with Gasteiger partial charge in [0.15, 0.2) is 6.10 Å². The van der Waals surface area contributed by atoms with Crippen LogP contribution >= 0.6 is 12.2 Å². The first-order valence-corrected chi connectivity index (χ1v) is 10.2. The van der Waals surface area contributed by atoms with Gasteiger partial charge in [0.2, 0.25) is 0 Å². The van der Waals surface area contributed by atoms with Crippen LogP contribution < -0.4 is 5.32 Å². The Morgan fingerprint density at radius 2 is 1.71 bits per heavy atom. The fraction of sp³-hybridized carbons (Fsp3) is 0.391. The minimum atomic E-state index is -0.923. The Hall–Kier alpha value is -2.24. The Morgan fingerprint density at radius 1 is 1.07 bits per heavy atom. The molecule has 0 spiro atoms. The molecule has 0 radical (unpaired) electrons. The summed E-state index contributed by atoms with van der Waals surface area (Å²) in [4.78, 5) is 12.1. The van der Waals surface area contributed by atoms with Crippen molar-refractivity contribution in [2.24, 2.45) is 0 Å². The van der Waals surface area contributed by atoms with E-state index in [4.69, 9.17) is 17.0 Å². The minimum absolute atomic E-state index is 0.185. The molecule has 0 saturated heterocycles. The van der Waals surface area contributed by atoms with Crippen molar-refractivity contribution in [1.29, 1.82) is 0 Å². The molecule has 0 heterocycles. The summed E-state index contributed by atoms with van der Waals surface area (Å²) in [6.07, 6.45) is 1.40. The van der Waals surface area contributed by atoms with Crippen molar-refractivity contribution in [3.8, 4) is 0 Å². The van der Waals surface area contributed by atoms with E-state index in [1.807, 2.05) is 30.3 Å². The van der Waals surface area contributed by atoms with Gasteiger partial charge in [0.1, 0.15) is 0 Å². The number of aryl methyl sites for hydroxylation is 1. The lowest BCUT2D eigenvalue weighted by Gasteiger charge is -2.19. The Morgan fingerprint density at radius 3 is 2.29 bits per heavy atom. The van der Waals surface area contributed by atoms with Crippen LogP contribution in [0.25, 0.3) is 0 Å². The van der Waals surface area contributed by atoms with Crippen LogP contribution in [0.3, 0.4) is 0 Å². The average molecular weight is 400 g/mol. The molecule has 0 aliphatic rings. The van der Waals surface area contributed by atoms with Crippen molar-refractivity contribution in [1.82, 2.24) is 5.32 Å². The van der Waals surface area contributed by atoms with Crippen LogP contribution in [-0.4, -0.2) is 35.3 Å². The Labute approximate surface area is 172 Å². The molecule has 2 rings (SSSR count). The minimum Gasteiger partial charge on any atom is -0.479 e. The fourth-order valence-corrected chi connectivity index (χ4v) is 3.62. The van der Waals surface area contributed by atoms with Gasteiger partial charge in [-0.2, -0.15) is 0 Å². The fourth-order valence-electron chi connectivity index (χ4n) is 3.22. The van der Waals surface area contributed by atoms with Crippen molar-refractivity contribution in [3.63, 3.8) is 0 Å². The van der Waals surface area contributed by atoms with E-state index < -0.39 is 12.1 Å². The lowest BCUT2D eigenvalue weighted by atomic mass is 9.91. The van der Waals surface area contributed by atoms with Gasteiger partial charge in [-0.15, -0.1) is 0 Å². The van der Waals surface area contributed by atoms with Crippen molar-refractivity contribution in [2.45, 2.75) is 45.1 Å². The molecule has 150 valence electrons. The average Bonchev–Trinajstić information content (AvgIpc) is 2.70. The van der Waals surface area contributed by atoms with E-state index in [-0.39, 0.29) is 5.92 Å². The summed E-state index contributed by atoms with van der Waals surface area (Å²) in [5, 5.41) is 12.5. The maximum Gasteiger partial charge on any atom is 0.333 e. The van der Waals surface area contributed by atoms with Gasteiger partial charge in [-0.05, 0) is 43.4 Å². The predicted molar refractivity (Wildman–Crippen MR) is 117 cm³/mol. The van der Waals surface area contributed by atoms with Crippen molar-refractivity contribution < 1.29 is 14.6 Å². The number of likely N-dealkylation sites (N-methyl/N-ethyl adjacent to an activating group) is 1. The first kappa shape index (κ1) is 22.1. The number of ether oxygens (including phenoxy) is 1. The molecular weight excluding hydrogens is 370 g/mol. The standard InChI is InChI=1S/C23H29NO3S/c1-3-24-22(28)20(19-8-6-5-7-9-19)15-14-17-10-12-18(13-11-17)16-21(23(25)26)27-4-2/h5-13,20-21H,3-4,14-16H2,1-2H3,(H,24,28)(H,25,26)/t20?,21-/m0/s1. The number of hydrogen-bond acceptors (Lipinski definition) is 3. The number of benzene rings is 2. The predicted octanol–water partition coefficient (Wildman–Crippen LogP) is 4.37. The number of thiocarbonyl (C=S) groups is 1. The second-order valence-corrected chi connectivity index (χ2v) is 7.14. The number of hydrogen-bond donors (Lipinski definition) is 2. The van der Waals surface area contributed by atoms with E-state index in [1.165, 1.54) is 11.1 Å². The van der Waals surface area contributed by atoms with Gasteiger partial charge in [0.05, 0.1) is 4.99 Å². The normalized spacial score (nSPS) is 12.9. The third-order valence-corrected chi connectivity index (χ3v) is 5.11. The van der Waals surface area contributed by atoms with Crippen LogP contribution in [0, 0.1) is 0 Å². The van der Waals surface area contributed by atoms with Crippen LogP contribution in [-0.2, 0) is 22.4 Å². The lowest BCUT2D eigenvalue weighted by molar-refractivity contribution is -0.149. The van der Waals surface area contributed by atoms with Gasteiger partial charge in [-0.25, -0.2) is 4.79 Å². The van der Waals surface area contributed by atoms with Crippen LogP contribution in [0.5, 0.6) is 0 Å². The SMILES string of the molecule is CCNC(=S)C(CCc1ccc(C[C@H](OCC)C(=O)O)cc1)c1ccccc1. The highest BCUT2D eigenvalue weighted by atomic mass is 32.1. The largest absolute Gasteiger partial charge is 0.479 e. The number of carboxylic acid groups (broad SMARTS) is 1. The molecule has 1 unspecified atom stereocenters. The summed E-state index contributed by atoms with van der Waals surface area (Å²) in [5.41, 5.74) is 3.41. The second-order valence-electron chi connectivity index (χ2n) is 6.70. The molecule has 5 heteroatoms. The zero-order valence-electron chi connectivity index (χ0n) is 16.6. The third kappa shape index (κ3) is 6.73. The zero-order chi connectivity index (χ0) is 20.4. The summed E-state index contributed by atoms with van der Waals surface area (Å²) in [6, 6.07) is 18.5. The number of aliphatic carboxylic acids is 1. The van der Waals surface area contributed by atoms with Crippen molar-refractivity contribution in [2.75, 3.05) is 13.2 Å². The monoisotopic (exact) mass is 399 g/mol. The molecule has 4 nitrogen and oxygen atoms in total. The van der Waals surface area contributed by atoms with Crippen LogP contribution in [0.2, 0.25) is 0 Å². The maximum atomic E-state index is 11.2. The number of rotatable bonds is 11. The topological polar surface area (TPSA) is 58.6 Å². The Kier molecular flexibility index (Phi) is 9.11. The lowest BCUT2D eigenvalue weighted by Crippen LogP contribution is -2.27. The molecule has 0 aliphatic carbocycles. The summed E-state index contributed by atoms with van der Waals surface area (Å²) in [7, 11) is 0. The molecule has 28 heavy (non-hydrogen) atoms. The molecule has 2 N–H and O–H groups in total. The van der Waals surface area contributed by atoms with E-state index in [0.29, 0.717) is 13.0 Å². The van der Waals surface area contributed by atoms with Gasteiger partial charge in [-0.3, -0.25) is 0 Å². The van der Waals surface area contributed by atoms with Gasteiger partial charge >= 0.3 is 5.97 Å². The van der Waals surface area contributed by atoms with Crippen molar-refractivity contribution in [3.05, 3.63) is 71.3 Å². The molecule has 0 saturated carbocycles. The highest BCUT2D eigenvalue weighted by molar-refractivity contribution is 7.80. The summed E-state index contributed by atoms with van der Waals surface area (Å²) < 4.78 is 5.29. The Balaban J connectivity index is 2.01. The molecule has 0 fully saturated rings. The third-order valence-electron chi connectivity index (χ3n) is 4.68. The van der Waals surface area contributed by atoms with Crippen LogP contribution in [0.15, 0.2) is 54.6 Å². The molecule has 0 amide bonds. The quantitative estimate of drug-likeness (QED) is 0.550. The van der Waals surface area contributed by atoms with Crippen LogP contribution in [0.1, 0.15) is 42.9 Å². The summed E-state index contributed by atoms with van der Waals surface area (Å²) in [5.74, 6) is -0.737. The number of carbonyl (C=O) groups is 1. The number of carboxylic acids is 1. The first-order chi connectivity index (χ1) is 13.5. The van der Waals surface area contributed by atoms with Gasteiger partial charge in [-0.1, -0.05) is 66.8 Å². The number of nitrogens with one attached hydrogen (secondary N) is 1. The second kappa shape index (κ2) is 11.6. The van der Waals surface area contributed by atoms with Crippen LogP contribution in [0.4, 0.5) is 0 Å². The van der Waals surface area contributed by atoms with E-state index in [0.717, 1.165) is 29.9 Å². The molecule has 2 atom stereocenters. The molecule has 0 aliphatic heterocycles. The maximum absolute atomic E-state index is 11.2.